The summed E-state index contributed by atoms with van der Waals surface area (Å²) in [6.07, 6.45) is 0. The molecule has 0 aromatic rings. The molecule has 0 bridgehead atoms. The predicted octanol–water partition coefficient (Wildman–Crippen LogP) is 0.451. The Morgan fingerprint density at radius 1 is 1.20 bits per heavy atom. The van der Waals surface area contributed by atoms with Crippen molar-refractivity contribution in [3.05, 3.63) is 0 Å². The molecule has 6 heteroatoms. The van der Waals surface area contributed by atoms with E-state index in [0.29, 0.717) is 0 Å². The third kappa shape index (κ3) is 4.61. The van der Waals surface area contributed by atoms with E-state index >= 15 is 0 Å². The van der Waals surface area contributed by atoms with Gasteiger partial charge >= 0.3 is 11.9 Å². The molecule has 0 aromatic heterocycles. The molecule has 2 atom stereocenters. The molecule has 0 aliphatic rings. The SMILES string of the molecule is CCOC(=O)C(N)C(CBr)C(=O)OCC. The number of hydrogen-bond acceptors (Lipinski definition) is 5. The predicted molar refractivity (Wildman–Crippen MR) is 58.5 cm³/mol. The van der Waals surface area contributed by atoms with Gasteiger partial charge in [-0.25, -0.2) is 0 Å². The van der Waals surface area contributed by atoms with E-state index in [4.69, 9.17) is 15.2 Å². The molecule has 0 radical (unpaired) electrons. The van der Waals surface area contributed by atoms with Crippen LogP contribution in [0.1, 0.15) is 13.8 Å². The number of hydrogen-bond donors (Lipinski definition) is 1. The second kappa shape index (κ2) is 7.64. The number of carbonyl (C=O) groups is 2. The van der Waals surface area contributed by atoms with Crippen molar-refractivity contribution in [2.24, 2.45) is 11.7 Å². The lowest BCUT2D eigenvalue weighted by molar-refractivity contribution is -0.155. The van der Waals surface area contributed by atoms with Gasteiger partial charge < -0.3 is 15.2 Å². The summed E-state index contributed by atoms with van der Waals surface area (Å²) in [7, 11) is 0. The molecule has 0 saturated heterocycles. The molecule has 0 aliphatic heterocycles. The average molecular weight is 282 g/mol. The van der Waals surface area contributed by atoms with E-state index < -0.39 is 23.9 Å². The Balaban J connectivity index is 4.38. The molecule has 15 heavy (non-hydrogen) atoms. The van der Waals surface area contributed by atoms with Crippen molar-refractivity contribution < 1.29 is 19.1 Å². The lowest BCUT2D eigenvalue weighted by Crippen LogP contribution is -2.44. The minimum Gasteiger partial charge on any atom is -0.466 e. The number of carbonyl (C=O) groups excluding carboxylic acids is 2. The van der Waals surface area contributed by atoms with Crippen LogP contribution in [0.4, 0.5) is 0 Å². The van der Waals surface area contributed by atoms with Crippen molar-refractivity contribution in [1.29, 1.82) is 0 Å². The molecule has 0 aromatic carbocycles. The summed E-state index contributed by atoms with van der Waals surface area (Å²) >= 11 is 3.12. The van der Waals surface area contributed by atoms with E-state index in [0.717, 1.165) is 0 Å². The molecule has 0 aliphatic carbocycles. The Morgan fingerprint density at radius 3 is 2.07 bits per heavy atom. The maximum Gasteiger partial charge on any atom is 0.323 e. The average Bonchev–Trinajstić information content (AvgIpc) is 2.19. The first-order chi connectivity index (χ1) is 7.08. The summed E-state index contributed by atoms with van der Waals surface area (Å²) in [4.78, 5) is 22.7. The second-order valence-electron chi connectivity index (χ2n) is 2.79. The highest BCUT2D eigenvalue weighted by Gasteiger charge is 2.31. The van der Waals surface area contributed by atoms with Crippen LogP contribution < -0.4 is 5.73 Å². The zero-order valence-corrected chi connectivity index (χ0v) is 10.5. The van der Waals surface area contributed by atoms with Crippen molar-refractivity contribution in [3.63, 3.8) is 0 Å². The highest BCUT2D eigenvalue weighted by Crippen LogP contribution is 2.10. The minimum atomic E-state index is -0.983. The quantitative estimate of drug-likeness (QED) is 0.565. The van der Waals surface area contributed by atoms with Crippen LogP contribution in [0.2, 0.25) is 0 Å². The van der Waals surface area contributed by atoms with Gasteiger partial charge in [-0.3, -0.25) is 9.59 Å². The molecule has 2 N–H and O–H groups in total. The van der Waals surface area contributed by atoms with Crippen LogP contribution in [-0.2, 0) is 19.1 Å². The Kier molecular flexibility index (Phi) is 7.33. The van der Waals surface area contributed by atoms with E-state index in [1.165, 1.54) is 0 Å². The van der Waals surface area contributed by atoms with E-state index in [1.807, 2.05) is 0 Å². The van der Waals surface area contributed by atoms with E-state index in [1.54, 1.807) is 13.8 Å². The number of nitrogens with two attached hydrogens (primary N) is 1. The van der Waals surface area contributed by atoms with E-state index in [9.17, 15) is 9.59 Å². The van der Waals surface area contributed by atoms with Crippen molar-refractivity contribution >= 4 is 27.9 Å². The van der Waals surface area contributed by atoms with E-state index in [-0.39, 0.29) is 18.5 Å². The number of ether oxygens (including phenoxy) is 2. The molecular formula is C9H16BrNO4. The summed E-state index contributed by atoms with van der Waals surface area (Å²) < 4.78 is 9.51. The zero-order valence-electron chi connectivity index (χ0n) is 8.86. The summed E-state index contributed by atoms with van der Waals surface area (Å²) in [5, 5.41) is 0.270. The highest BCUT2D eigenvalue weighted by molar-refractivity contribution is 9.09. The summed E-state index contributed by atoms with van der Waals surface area (Å²) in [6.45, 7) is 3.87. The van der Waals surface area contributed by atoms with Crippen LogP contribution in [-0.4, -0.2) is 36.5 Å². The van der Waals surface area contributed by atoms with Crippen LogP contribution in [0.5, 0.6) is 0 Å². The summed E-state index contributed by atoms with van der Waals surface area (Å²) in [6, 6.07) is -0.983. The van der Waals surface area contributed by atoms with Crippen LogP contribution in [0, 0.1) is 5.92 Å². The molecule has 0 fully saturated rings. The first-order valence-corrected chi connectivity index (χ1v) is 5.85. The van der Waals surface area contributed by atoms with Gasteiger partial charge in [0, 0.05) is 5.33 Å². The summed E-state index contributed by atoms with van der Waals surface area (Å²) in [5.74, 6) is -1.78. The van der Waals surface area contributed by atoms with Gasteiger partial charge in [0.15, 0.2) is 0 Å². The fraction of sp³-hybridized carbons (Fsp3) is 0.778. The van der Waals surface area contributed by atoms with Crippen molar-refractivity contribution in [2.75, 3.05) is 18.5 Å². The Hall–Kier alpha value is -0.620. The molecule has 88 valence electrons. The van der Waals surface area contributed by atoms with Crippen molar-refractivity contribution in [1.82, 2.24) is 0 Å². The third-order valence-electron chi connectivity index (χ3n) is 1.75. The molecule has 2 unspecified atom stereocenters. The van der Waals surface area contributed by atoms with Crippen LogP contribution in [0.15, 0.2) is 0 Å². The van der Waals surface area contributed by atoms with Crippen LogP contribution in [0.3, 0.4) is 0 Å². The maximum atomic E-state index is 11.4. The number of alkyl halides is 1. The van der Waals surface area contributed by atoms with Gasteiger partial charge in [0.1, 0.15) is 6.04 Å². The van der Waals surface area contributed by atoms with Crippen molar-refractivity contribution in [2.45, 2.75) is 19.9 Å². The van der Waals surface area contributed by atoms with E-state index in [2.05, 4.69) is 15.9 Å². The van der Waals surface area contributed by atoms with Gasteiger partial charge in [0.2, 0.25) is 0 Å². The van der Waals surface area contributed by atoms with Crippen molar-refractivity contribution in [3.8, 4) is 0 Å². The Labute approximate surface area is 97.4 Å². The molecule has 0 heterocycles. The van der Waals surface area contributed by atoms with Crippen LogP contribution in [0.25, 0.3) is 0 Å². The maximum absolute atomic E-state index is 11.4. The highest BCUT2D eigenvalue weighted by atomic mass is 79.9. The van der Waals surface area contributed by atoms with Gasteiger partial charge in [-0.1, -0.05) is 15.9 Å². The van der Waals surface area contributed by atoms with Gasteiger partial charge in [-0.15, -0.1) is 0 Å². The first kappa shape index (κ1) is 14.4. The standard InChI is InChI=1S/C9H16BrNO4/c1-3-14-8(12)6(5-10)7(11)9(13)15-4-2/h6-7H,3-5,11H2,1-2H3. The molecule has 0 saturated carbocycles. The molecular weight excluding hydrogens is 266 g/mol. The molecule has 0 spiro atoms. The monoisotopic (exact) mass is 281 g/mol. The Bertz CT molecular complexity index is 222. The molecule has 0 rings (SSSR count). The lowest BCUT2D eigenvalue weighted by Gasteiger charge is -2.18. The number of halogens is 1. The largest absolute Gasteiger partial charge is 0.466 e. The first-order valence-electron chi connectivity index (χ1n) is 4.73. The van der Waals surface area contributed by atoms with Gasteiger partial charge in [-0.2, -0.15) is 0 Å². The normalized spacial score (nSPS) is 14.1. The lowest BCUT2D eigenvalue weighted by atomic mass is 10.0. The van der Waals surface area contributed by atoms with Gasteiger partial charge in [0.25, 0.3) is 0 Å². The summed E-state index contributed by atoms with van der Waals surface area (Å²) in [5.41, 5.74) is 5.58. The third-order valence-corrected chi connectivity index (χ3v) is 2.45. The smallest absolute Gasteiger partial charge is 0.323 e. The second-order valence-corrected chi connectivity index (χ2v) is 3.44. The van der Waals surface area contributed by atoms with Gasteiger partial charge in [0.05, 0.1) is 19.1 Å². The fourth-order valence-electron chi connectivity index (χ4n) is 0.958. The Morgan fingerprint density at radius 2 is 1.67 bits per heavy atom. The minimum absolute atomic E-state index is 0.240. The molecule has 0 amide bonds. The fourth-order valence-corrected chi connectivity index (χ4v) is 1.62. The number of rotatable bonds is 6. The zero-order chi connectivity index (χ0) is 11.8. The van der Waals surface area contributed by atoms with Gasteiger partial charge in [-0.05, 0) is 13.8 Å². The van der Waals surface area contributed by atoms with Crippen LogP contribution >= 0.6 is 15.9 Å². The molecule has 5 nitrogen and oxygen atoms in total. The number of esters is 2. The topological polar surface area (TPSA) is 78.6 Å².